The van der Waals surface area contributed by atoms with E-state index in [4.69, 9.17) is 39.5 Å². The molecule has 0 radical (unpaired) electrons. The van der Waals surface area contributed by atoms with Crippen molar-refractivity contribution in [3.8, 4) is 6.01 Å². The van der Waals surface area contributed by atoms with Crippen molar-refractivity contribution in [3.05, 3.63) is 86.9 Å². The van der Waals surface area contributed by atoms with E-state index in [2.05, 4.69) is 46.5 Å². The molecule has 0 bridgehead atoms. The van der Waals surface area contributed by atoms with E-state index in [-0.39, 0.29) is 30.1 Å². The van der Waals surface area contributed by atoms with Crippen LogP contribution in [0.3, 0.4) is 0 Å². The molecule has 2 heterocycles. The van der Waals surface area contributed by atoms with Crippen LogP contribution >= 0.6 is 46.1 Å². The first-order valence-electron chi connectivity index (χ1n) is 16.5. The fourth-order valence-electron chi connectivity index (χ4n) is 5.14. The van der Waals surface area contributed by atoms with Crippen molar-refractivity contribution < 1.29 is 32.3 Å². The molecular formula is C35H31Cl3F3N9O4S. The number of benzene rings is 3. The SMILES string of the molecule is CC(C)(CNC(=O)C(=O)Nc1nc2c(Cl)ccc(Cl)c2s1)CNC(=O)c1ccc(Nc2nc(NC3(c4ccc(Cl)cc4)CC3)nc(OCC(F)(F)F)n2)cc1. The van der Waals surface area contributed by atoms with Crippen LogP contribution in [0.4, 0.5) is 35.9 Å². The average Bonchev–Trinajstić information content (AvgIpc) is 3.78. The third-order valence-electron chi connectivity index (χ3n) is 8.21. The van der Waals surface area contributed by atoms with Gasteiger partial charge in [0.15, 0.2) is 11.7 Å². The van der Waals surface area contributed by atoms with Crippen molar-refractivity contribution in [1.82, 2.24) is 30.6 Å². The number of rotatable bonds is 13. The van der Waals surface area contributed by atoms with Crippen molar-refractivity contribution in [2.45, 2.75) is 38.4 Å². The lowest BCUT2D eigenvalue weighted by Crippen LogP contribution is -2.44. The van der Waals surface area contributed by atoms with E-state index in [1.165, 1.54) is 12.1 Å². The maximum Gasteiger partial charge on any atom is 0.422 e. The number of halogens is 6. The number of aromatic nitrogens is 4. The average molecular weight is 837 g/mol. The number of nitrogens with one attached hydrogen (secondary N) is 5. The van der Waals surface area contributed by atoms with Crippen LogP contribution in [0.25, 0.3) is 10.2 Å². The molecule has 1 fully saturated rings. The number of nitrogens with zero attached hydrogens (tertiary/aromatic N) is 4. The second-order valence-electron chi connectivity index (χ2n) is 13.3. The summed E-state index contributed by atoms with van der Waals surface area (Å²) in [6, 6.07) is 16.0. The Hall–Kier alpha value is -4.97. The predicted molar refractivity (Wildman–Crippen MR) is 204 cm³/mol. The Kier molecular flexibility index (Phi) is 11.6. The van der Waals surface area contributed by atoms with Crippen molar-refractivity contribution >= 4 is 96.8 Å². The molecule has 13 nitrogen and oxygen atoms in total. The molecule has 288 valence electrons. The largest absolute Gasteiger partial charge is 0.454 e. The zero-order valence-electron chi connectivity index (χ0n) is 28.9. The van der Waals surface area contributed by atoms with E-state index in [1.54, 1.807) is 50.2 Å². The molecule has 0 saturated heterocycles. The quantitative estimate of drug-likeness (QED) is 0.0739. The summed E-state index contributed by atoms with van der Waals surface area (Å²) in [7, 11) is 0. The Morgan fingerprint density at radius 2 is 1.47 bits per heavy atom. The number of hydrogen-bond acceptors (Lipinski definition) is 11. The van der Waals surface area contributed by atoms with Gasteiger partial charge >= 0.3 is 24.0 Å². The van der Waals surface area contributed by atoms with Crippen LogP contribution in [0, 0.1) is 5.41 Å². The van der Waals surface area contributed by atoms with E-state index in [0.29, 0.717) is 36.5 Å². The normalized spacial score (nSPS) is 13.5. The van der Waals surface area contributed by atoms with Gasteiger partial charge in [0.05, 0.1) is 20.3 Å². The summed E-state index contributed by atoms with van der Waals surface area (Å²) in [4.78, 5) is 54.7. The molecule has 1 aliphatic rings. The first-order valence-corrected chi connectivity index (χ1v) is 18.4. The van der Waals surface area contributed by atoms with E-state index in [1.807, 2.05) is 12.1 Å². The van der Waals surface area contributed by atoms with Crippen LogP contribution < -0.4 is 31.3 Å². The zero-order chi connectivity index (χ0) is 39.5. The molecule has 6 rings (SSSR count). The topological polar surface area (TPSA) is 172 Å². The van der Waals surface area contributed by atoms with E-state index >= 15 is 0 Å². The van der Waals surface area contributed by atoms with Gasteiger partial charge in [0, 0.05) is 29.4 Å². The molecule has 55 heavy (non-hydrogen) atoms. The molecule has 2 aromatic heterocycles. The Labute approximate surface area is 330 Å². The van der Waals surface area contributed by atoms with Crippen LogP contribution in [-0.4, -0.2) is 63.5 Å². The summed E-state index contributed by atoms with van der Waals surface area (Å²) in [6.07, 6.45) is -3.16. The van der Waals surface area contributed by atoms with Crippen LogP contribution in [0.5, 0.6) is 6.01 Å². The number of alkyl halides is 3. The summed E-state index contributed by atoms with van der Waals surface area (Å²) in [5.41, 5.74) is 0.851. The highest BCUT2D eigenvalue weighted by Crippen LogP contribution is 2.48. The summed E-state index contributed by atoms with van der Waals surface area (Å²) in [5.74, 6) is -2.33. The maximum atomic E-state index is 13.0. The Bertz CT molecular complexity index is 2200. The van der Waals surface area contributed by atoms with Gasteiger partial charge in [0.2, 0.25) is 11.9 Å². The van der Waals surface area contributed by atoms with Gasteiger partial charge in [0.1, 0.15) is 5.52 Å². The van der Waals surface area contributed by atoms with E-state index in [0.717, 1.165) is 29.7 Å². The van der Waals surface area contributed by atoms with Crippen molar-refractivity contribution in [3.63, 3.8) is 0 Å². The number of hydrogen-bond donors (Lipinski definition) is 5. The lowest BCUT2D eigenvalue weighted by atomic mass is 9.93. The molecule has 0 unspecified atom stereocenters. The third kappa shape index (κ3) is 10.4. The van der Waals surface area contributed by atoms with Crippen LogP contribution in [0.1, 0.15) is 42.6 Å². The number of ether oxygens (including phenoxy) is 1. The van der Waals surface area contributed by atoms with Gasteiger partial charge in [0.25, 0.3) is 5.91 Å². The zero-order valence-corrected chi connectivity index (χ0v) is 32.0. The molecule has 5 aromatic rings. The molecule has 0 atom stereocenters. The van der Waals surface area contributed by atoms with Crippen LogP contribution in [-0.2, 0) is 15.1 Å². The van der Waals surface area contributed by atoms with Gasteiger partial charge in [-0.1, -0.05) is 72.1 Å². The predicted octanol–water partition coefficient (Wildman–Crippen LogP) is 7.74. The lowest BCUT2D eigenvalue weighted by molar-refractivity contribution is -0.154. The Balaban J connectivity index is 1.03. The Morgan fingerprint density at radius 1 is 0.818 bits per heavy atom. The molecule has 1 saturated carbocycles. The highest BCUT2D eigenvalue weighted by atomic mass is 35.5. The fraction of sp³-hybridized carbons (Fsp3) is 0.286. The van der Waals surface area contributed by atoms with Crippen LogP contribution in [0.2, 0.25) is 15.1 Å². The maximum absolute atomic E-state index is 13.0. The van der Waals surface area contributed by atoms with Crippen molar-refractivity contribution in [2.75, 3.05) is 35.6 Å². The minimum absolute atomic E-state index is 0.00137. The minimum atomic E-state index is -4.62. The number of thiazole rings is 1. The van der Waals surface area contributed by atoms with Gasteiger partial charge < -0.3 is 26.0 Å². The number of carbonyl (C=O) groups excluding carboxylic acids is 3. The molecule has 0 aliphatic heterocycles. The highest BCUT2D eigenvalue weighted by molar-refractivity contribution is 7.23. The molecular weight excluding hydrogens is 806 g/mol. The highest BCUT2D eigenvalue weighted by Gasteiger charge is 2.45. The lowest BCUT2D eigenvalue weighted by Gasteiger charge is -2.25. The Morgan fingerprint density at radius 3 is 2.13 bits per heavy atom. The minimum Gasteiger partial charge on any atom is -0.454 e. The van der Waals surface area contributed by atoms with Gasteiger partial charge in [-0.25, -0.2) is 4.98 Å². The standard InChI is InChI=1S/C35H31Cl3F3N9O4S/c1-33(2,16-43-27(52)28(53)46-32-45-24-22(37)11-12-23(38)25(24)55-32)15-42-26(51)18-3-9-21(10-4-18)44-29-47-30(49-31(48-29)54-17-35(39,40)41)50-34(13-14-34)19-5-7-20(36)8-6-19/h3-12H,13-17H2,1-2H3,(H,42,51)(H,43,52)(H,45,46,53)(H2,44,47,48,49,50). The molecule has 3 aromatic carbocycles. The monoisotopic (exact) mass is 835 g/mol. The van der Waals surface area contributed by atoms with Gasteiger partial charge in [-0.2, -0.15) is 28.1 Å². The first-order chi connectivity index (χ1) is 26.0. The number of fused-ring (bicyclic) bond motifs is 1. The van der Waals surface area contributed by atoms with Crippen molar-refractivity contribution in [1.29, 1.82) is 0 Å². The molecule has 5 N–H and O–H groups in total. The van der Waals surface area contributed by atoms with E-state index in [9.17, 15) is 27.6 Å². The third-order valence-corrected chi connectivity index (χ3v) is 10.2. The second kappa shape index (κ2) is 16.0. The molecule has 20 heteroatoms. The van der Waals surface area contributed by atoms with Crippen molar-refractivity contribution in [2.24, 2.45) is 5.41 Å². The fourth-order valence-corrected chi connectivity index (χ4v) is 6.68. The molecule has 0 spiro atoms. The van der Waals surface area contributed by atoms with E-state index < -0.39 is 47.5 Å². The summed E-state index contributed by atoms with van der Waals surface area (Å²) >= 11 is 19.4. The van der Waals surface area contributed by atoms with Gasteiger partial charge in [-0.05, 0) is 72.4 Å². The van der Waals surface area contributed by atoms with Gasteiger partial charge in [-0.3, -0.25) is 19.7 Å². The number of carbonyl (C=O) groups is 3. The summed E-state index contributed by atoms with van der Waals surface area (Å²) < 4.78 is 44.3. The molecule has 1 aliphatic carbocycles. The second-order valence-corrected chi connectivity index (χ2v) is 15.5. The summed E-state index contributed by atoms with van der Waals surface area (Å²) in [6.45, 7) is 2.18. The number of anilines is 4. The smallest absolute Gasteiger partial charge is 0.422 e. The number of amides is 3. The van der Waals surface area contributed by atoms with Crippen LogP contribution in [0.15, 0.2) is 60.7 Å². The molecule has 3 amide bonds. The van der Waals surface area contributed by atoms with Gasteiger partial charge in [-0.15, -0.1) is 0 Å². The first kappa shape index (κ1) is 39.7. The summed E-state index contributed by atoms with van der Waals surface area (Å²) in [5, 5.41) is 15.4.